The number of hydrogen-bond acceptors (Lipinski definition) is 3. The van der Waals surface area contributed by atoms with Gasteiger partial charge in [-0.1, -0.05) is 23.2 Å². The smallest absolute Gasteiger partial charge is 0.293 e. The maximum atomic E-state index is 11.6. The van der Waals surface area contributed by atoms with E-state index in [-0.39, 0.29) is 11.6 Å². The van der Waals surface area contributed by atoms with Gasteiger partial charge in [0.2, 0.25) is 0 Å². The predicted molar refractivity (Wildman–Crippen MR) is 68.4 cm³/mol. The summed E-state index contributed by atoms with van der Waals surface area (Å²) < 4.78 is 2.86. The van der Waals surface area contributed by atoms with Crippen LogP contribution in [0.25, 0.3) is 0 Å². The van der Waals surface area contributed by atoms with Gasteiger partial charge in [-0.2, -0.15) is 5.10 Å². The fourth-order valence-electron chi connectivity index (χ4n) is 1.61. The van der Waals surface area contributed by atoms with Crippen LogP contribution in [0.5, 0.6) is 0 Å². The van der Waals surface area contributed by atoms with Crippen LogP contribution in [0.3, 0.4) is 0 Å². The third-order valence-electron chi connectivity index (χ3n) is 2.55. The number of H-pyrrole nitrogens is 1. The minimum absolute atomic E-state index is 0.0513. The molecule has 0 bridgehead atoms. The number of rotatable bonds is 2. The van der Waals surface area contributed by atoms with Gasteiger partial charge in [-0.25, -0.2) is 4.79 Å². The van der Waals surface area contributed by atoms with Crippen LogP contribution < -0.4 is 11.2 Å². The molecule has 0 saturated heterocycles. The van der Waals surface area contributed by atoms with Crippen LogP contribution in [0.15, 0.2) is 15.8 Å². The van der Waals surface area contributed by atoms with Gasteiger partial charge < -0.3 is 0 Å². The summed E-state index contributed by atoms with van der Waals surface area (Å²) in [6.07, 6.45) is 1.28. The van der Waals surface area contributed by atoms with E-state index in [1.807, 2.05) is 0 Å². The van der Waals surface area contributed by atoms with Gasteiger partial charge >= 0.3 is 5.69 Å². The summed E-state index contributed by atoms with van der Waals surface area (Å²) in [6, 6.07) is 0. The molecule has 2 aromatic heterocycles. The van der Waals surface area contributed by atoms with Crippen molar-refractivity contribution in [2.75, 3.05) is 0 Å². The molecule has 0 radical (unpaired) electrons. The topological polar surface area (TPSA) is 72.7 Å². The van der Waals surface area contributed by atoms with Crippen molar-refractivity contribution in [3.63, 3.8) is 0 Å². The Morgan fingerprint density at radius 2 is 2.06 bits per heavy atom. The van der Waals surface area contributed by atoms with Crippen molar-refractivity contribution in [3.8, 4) is 0 Å². The van der Waals surface area contributed by atoms with E-state index in [1.165, 1.54) is 10.8 Å². The maximum Gasteiger partial charge on any atom is 0.328 e. The Balaban J connectivity index is 2.50. The average Bonchev–Trinajstić information content (AvgIpc) is 2.52. The molecule has 6 nitrogen and oxygen atoms in total. The van der Waals surface area contributed by atoms with Crippen molar-refractivity contribution in [3.05, 3.63) is 48.5 Å². The van der Waals surface area contributed by atoms with Crippen LogP contribution in [0.1, 0.15) is 11.4 Å². The second-order valence-electron chi connectivity index (χ2n) is 3.83. The molecule has 18 heavy (non-hydrogen) atoms. The lowest BCUT2D eigenvalue weighted by Gasteiger charge is -2.06. The number of halogens is 2. The highest BCUT2D eigenvalue weighted by molar-refractivity contribution is 6.31. The molecule has 0 amide bonds. The molecule has 96 valence electrons. The zero-order chi connectivity index (χ0) is 13.4. The Morgan fingerprint density at radius 1 is 1.39 bits per heavy atom. The number of hydrogen-bond donors (Lipinski definition) is 1. The zero-order valence-electron chi connectivity index (χ0n) is 9.70. The molecule has 0 aliphatic rings. The maximum absolute atomic E-state index is 11.6. The summed E-state index contributed by atoms with van der Waals surface area (Å²) in [5, 5.41) is 4.58. The van der Waals surface area contributed by atoms with Gasteiger partial charge in [-0.3, -0.25) is 19.0 Å². The van der Waals surface area contributed by atoms with Gasteiger partial charge in [0.05, 0.1) is 23.0 Å². The van der Waals surface area contributed by atoms with E-state index in [1.54, 1.807) is 18.7 Å². The average molecular weight is 289 g/mol. The molecule has 0 fully saturated rings. The first-order valence-electron chi connectivity index (χ1n) is 5.07. The highest BCUT2D eigenvalue weighted by Crippen LogP contribution is 2.19. The fraction of sp³-hybridized carbons (Fsp3) is 0.300. The number of aromatic nitrogens is 4. The summed E-state index contributed by atoms with van der Waals surface area (Å²) in [7, 11) is 1.73. The summed E-state index contributed by atoms with van der Waals surface area (Å²) in [4.78, 5) is 24.9. The van der Waals surface area contributed by atoms with Gasteiger partial charge in [-0.05, 0) is 6.92 Å². The normalized spacial score (nSPS) is 10.9. The molecule has 0 aromatic carbocycles. The molecule has 0 aliphatic heterocycles. The van der Waals surface area contributed by atoms with Crippen LogP contribution in [0, 0.1) is 6.92 Å². The van der Waals surface area contributed by atoms with Crippen molar-refractivity contribution >= 4 is 23.2 Å². The van der Waals surface area contributed by atoms with Crippen molar-refractivity contribution < 1.29 is 0 Å². The van der Waals surface area contributed by atoms with Crippen molar-refractivity contribution in [2.24, 2.45) is 7.05 Å². The Bertz CT molecular complexity index is 714. The lowest BCUT2D eigenvalue weighted by molar-refractivity contribution is 0.638. The van der Waals surface area contributed by atoms with Crippen molar-refractivity contribution in [1.29, 1.82) is 0 Å². The third kappa shape index (κ3) is 2.21. The molecule has 0 saturated carbocycles. The molecule has 0 aliphatic carbocycles. The first kappa shape index (κ1) is 12.9. The summed E-state index contributed by atoms with van der Waals surface area (Å²) in [6.45, 7) is 1.96. The summed E-state index contributed by atoms with van der Waals surface area (Å²) >= 11 is 11.8. The lowest BCUT2D eigenvalue weighted by atomic mass is 10.3. The molecular weight excluding hydrogens is 279 g/mol. The summed E-state index contributed by atoms with van der Waals surface area (Å²) in [5.74, 6) is 0. The first-order chi connectivity index (χ1) is 8.40. The lowest BCUT2D eigenvalue weighted by Crippen LogP contribution is -2.30. The molecule has 1 N–H and O–H groups in total. The van der Waals surface area contributed by atoms with E-state index in [2.05, 4.69) is 10.1 Å². The SMILES string of the molecule is Cc1nn(C)c(Cn2cc(Cl)c(=O)[nH]c2=O)c1Cl. The molecule has 0 atom stereocenters. The molecule has 0 unspecified atom stereocenters. The minimum Gasteiger partial charge on any atom is -0.293 e. The molecule has 0 spiro atoms. The quantitative estimate of drug-likeness (QED) is 0.894. The van der Waals surface area contributed by atoms with E-state index in [4.69, 9.17) is 23.2 Å². The standard InChI is InChI=1S/C10H10Cl2N4O2/c1-5-8(12)7(15(2)14-5)4-16-3-6(11)9(17)13-10(16)18/h3H,4H2,1-2H3,(H,13,17,18). The fourth-order valence-corrected chi connectivity index (χ4v) is 2.00. The number of nitrogens with one attached hydrogen (secondary N) is 1. The second kappa shape index (κ2) is 4.62. The van der Waals surface area contributed by atoms with Crippen LogP contribution in [-0.4, -0.2) is 19.3 Å². The minimum atomic E-state index is -0.606. The first-order valence-corrected chi connectivity index (χ1v) is 5.83. The predicted octanol–water partition coefficient (Wildman–Crippen LogP) is 0.934. The molecule has 2 heterocycles. The van der Waals surface area contributed by atoms with Gasteiger partial charge in [0.25, 0.3) is 5.56 Å². The monoisotopic (exact) mass is 288 g/mol. The van der Waals surface area contributed by atoms with E-state index in [9.17, 15) is 9.59 Å². The van der Waals surface area contributed by atoms with Gasteiger partial charge in [0.1, 0.15) is 5.02 Å². The van der Waals surface area contributed by atoms with E-state index in [0.29, 0.717) is 16.4 Å². The molecular formula is C10H10Cl2N4O2. The van der Waals surface area contributed by atoms with E-state index in [0.717, 1.165) is 0 Å². The summed E-state index contributed by atoms with van der Waals surface area (Å²) in [5.41, 5.74) is 0.196. The Kier molecular flexibility index (Phi) is 3.32. The van der Waals surface area contributed by atoms with Crippen LogP contribution in [-0.2, 0) is 13.6 Å². The van der Waals surface area contributed by atoms with Crippen LogP contribution >= 0.6 is 23.2 Å². The highest BCUT2D eigenvalue weighted by Gasteiger charge is 2.12. The Labute approximate surface area is 112 Å². The van der Waals surface area contributed by atoms with E-state index < -0.39 is 11.2 Å². The number of aryl methyl sites for hydroxylation is 2. The van der Waals surface area contributed by atoms with Gasteiger partial charge in [-0.15, -0.1) is 0 Å². The van der Waals surface area contributed by atoms with Gasteiger partial charge in [0.15, 0.2) is 0 Å². The molecule has 8 heteroatoms. The van der Waals surface area contributed by atoms with Gasteiger partial charge in [0, 0.05) is 13.2 Å². The van der Waals surface area contributed by atoms with Crippen LogP contribution in [0.2, 0.25) is 10.0 Å². The number of aromatic amines is 1. The Hall–Kier alpha value is -1.53. The largest absolute Gasteiger partial charge is 0.328 e. The second-order valence-corrected chi connectivity index (χ2v) is 4.62. The number of nitrogens with zero attached hydrogens (tertiary/aromatic N) is 3. The van der Waals surface area contributed by atoms with E-state index >= 15 is 0 Å². The Morgan fingerprint density at radius 3 is 2.61 bits per heavy atom. The molecule has 2 rings (SSSR count). The van der Waals surface area contributed by atoms with Crippen LogP contribution in [0.4, 0.5) is 0 Å². The molecule has 2 aromatic rings. The highest BCUT2D eigenvalue weighted by atomic mass is 35.5. The third-order valence-corrected chi connectivity index (χ3v) is 3.31. The zero-order valence-corrected chi connectivity index (χ0v) is 11.2. The van der Waals surface area contributed by atoms with Crippen molar-refractivity contribution in [1.82, 2.24) is 19.3 Å². The van der Waals surface area contributed by atoms with Crippen molar-refractivity contribution in [2.45, 2.75) is 13.5 Å².